The van der Waals surface area contributed by atoms with E-state index in [1.807, 2.05) is 18.2 Å². The number of rotatable bonds is 3. The van der Waals surface area contributed by atoms with Crippen LogP contribution in [0.3, 0.4) is 0 Å². The van der Waals surface area contributed by atoms with E-state index in [1.54, 1.807) is 36.5 Å². The summed E-state index contributed by atoms with van der Waals surface area (Å²) >= 11 is 5.87. The normalized spacial score (nSPS) is 10.7. The minimum atomic E-state index is -0.444. The molecule has 0 saturated heterocycles. The number of hydrogen-bond donors (Lipinski definition) is 1. The van der Waals surface area contributed by atoms with Crippen molar-refractivity contribution in [3.8, 4) is 0 Å². The summed E-state index contributed by atoms with van der Waals surface area (Å²) in [4.78, 5) is 15.2. The molecule has 0 aliphatic carbocycles. The molecule has 2 rings (SSSR count). The van der Waals surface area contributed by atoms with E-state index in [4.69, 9.17) is 17.3 Å². The second-order valence-electron chi connectivity index (χ2n) is 3.72. The molecule has 0 fully saturated rings. The molecule has 3 nitrogen and oxygen atoms in total. The third-order valence-electron chi connectivity index (χ3n) is 2.36. The third-order valence-corrected chi connectivity index (χ3v) is 2.60. The highest BCUT2D eigenvalue weighted by atomic mass is 35.5. The van der Waals surface area contributed by atoms with Crippen molar-refractivity contribution in [3.05, 3.63) is 64.7 Å². The van der Waals surface area contributed by atoms with Crippen molar-refractivity contribution < 1.29 is 4.79 Å². The number of nitrogens with zero attached hydrogens (tertiary/aromatic N) is 1. The van der Waals surface area contributed by atoms with E-state index in [0.29, 0.717) is 10.6 Å². The zero-order valence-electron chi connectivity index (χ0n) is 9.51. The highest BCUT2D eigenvalue weighted by Gasteiger charge is 1.98. The van der Waals surface area contributed by atoms with Gasteiger partial charge in [-0.2, -0.15) is 0 Å². The van der Waals surface area contributed by atoms with E-state index < -0.39 is 5.91 Å². The third kappa shape index (κ3) is 3.18. The van der Waals surface area contributed by atoms with E-state index in [0.717, 1.165) is 11.3 Å². The molecule has 0 aliphatic heterocycles. The predicted octanol–water partition coefficient (Wildman–Crippen LogP) is 3.19. The quantitative estimate of drug-likeness (QED) is 0.845. The molecule has 0 heterocycles. The molecule has 0 atom stereocenters. The minimum absolute atomic E-state index is 0.444. The van der Waals surface area contributed by atoms with Gasteiger partial charge in [-0.15, -0.1) is 0 Å². The van der Waals surface area contributed by atoms with Gasteiger partial charge in [-0.25, -0.2) is 0 Å². The fraction of sp³-hybridized carbons (Fsp3) is 0. The molecule has 0 aliphatic rings. The van der Waals surface area contributed by atoms with Crippen LogP contribution in [0.5, 0.6) is 0 Å². The van der Waals surface area contributed by atoms with Crippen molar-refractivity contribution in [1.29, 1.82) is 0 Å². The molecule has 0 spiro atoms. The first-order chi connectivity index (χ1) is 8.65. The van der Waals surface area contributed by atoms with E-state index in [-0.39, 0.29) is 0 Å². The molecule has 0 radical (unpaired) electrons. The Hall–Kier alpha value is -2.13. The maximum absolute atomic E-state index is 10.9. The first-order valence-electron chi connectivity index (χ1n) is 5.34. The number of benzene rings is 2. The summed E-state index contributed by atoms with van der Waals surface area (Å²) in [6.07, 6.45) is 1.71. The van der Waals surface area contributed by atoms with Crippen molar-refractivity contribution in [2.45, 2.75) is 0 Å². The van der Waals surface area contributed by atoms with Crippen molar-refractivity contribution >= 4 is 29.4 Å². The van der Waals surface area contributed by atoms with E-state index >= 15 is 0 Å². The summed E-state index contributed by atoms with van der Waals surface area (Å²) < 4.78 is 0. The van der Waals surface area contributed by atoms with Gasteiger partial charge in [-0.05, 0) is 42.0 Å². The van der Waals surface area contributed by atoms with Crippen LogP contribution >= 0.6 is 11.6 Å². The number of carbonyl (C=O) groups excluding carboxylic acids is 1. The Morgan fingerprint density at radius 1 is 1.17 bits per heavy atom. The lowest BCUT2D eigenvalue weighted by molar-refractivity contribution is 0.100. The molecule has 2 aromatic carbocycles. The highest BCUT2D eigenvalue weighted by molar-refractivity contribution is 6.30. The molecule has 0 aromatic heterocycles. The standard InChI is InChI=1S/C14H11ClN2O/c15-12-3-1-2-10(8-12)9-17-13-6-4-11(5-7-13)14(16)18/h1-9H,(H2,16,18). The van der Waals surface area contributed by atoms with Crippen molar-refractivity contribution in [3.63, 3.8) is 0 Å². The van der Waals surface area contributed by atoms with Gasteiger partial charge >= 0.3 is 0 Å². The van der Waals surface area contributed by atoms with Crippen LogP contribution in [-0.4, -0.2) is 12.1 Å². The lowest BCUT2D eigenvalue weighted by Crippen LogP contribution is -2.10. The van der Waals surface area contributed by atoms with Gasteiger partial charge < -0.3 is 5.73 Å². The Labute approximate surface area is 110 Å². The molecule has 0 bridgehead atoms. The highest BCUT2D eigenvalue weighted by Crippen LogP contribution is 2.14. The van der Waals surface area contributed by atoms with Crippen molar-refractivity contribution in [2.24, 2.45) is 10.7 Å². The first kappa shape index (κ1) is 12.3. The average Bonchev–Trinajstić information content (AvgIpc) is 2.37. The predicted molar refractivity (Wildman–Crippen MR) is 73.7 cm³/mol. The van der Waals surface area contributed by atoms with E-state index in [2.05, 4.69) is 4.99 Å². The smallest absolute Gasteiger partial charge is 0.248 e. The van der Waals surface area contributed by atoms with Gasteiger partial charge in [0.05, 0.1) is 5.69 Å². The molecule has 4 heteroatoms. The van der Waals surface area contributed by atoms with Crippen LogP contribution < -0.4 is 5.73 Å². The van der Waals surface area contributed by atoms with Crippen LogP contribution in [0.1, 0.15) is 15.9 Å². The summed E-state index contributed by atoms with van der Waals surface area (Å²) in [5.41, 5.74) is 7.29. The summed E-state index contributed by atoms with van der Waals surface area (Å²) in [7, 11) is 0. The summed E-state index contributed by atoms with van der Waals surface area (Å²) in [5.74, 6) is -0.444. The Bertz CT molecular complexity index is 591. The van der Waals surface area contributed by atoms with Gasteiger partial charge in [0.25, 0.3) is 0 Å². The number of aliphatic imine (C=N–C) groups is 1. The molecule has 1 amide bonds. The fourth-order valence-electron chi connectivity index (χ4n) is 1.45. The van der Waals surface area contributed by atoms with Crippen LogP contribution in [0.15, 0.2) is 53.5 Å². The molecule has 2 aromatic rings. The van der Waals surface area contributed by atoms with Crippen molar-refractivity contribution in [1.82, 2.24) is 0 Å². The number of primary amides is 1. The molecule has 18 heavy (non-hydrogen) atoms. The van der Waals surface area contributed by atoms with Crippen molar-refractivity contribution in [2.75, 3.05) is 0 Å². The topological polar surface area (TPSA) is 55.5 Å². The number of amides is 1. The summed E-state index contributed by atoms with van der Waals surface area (Å²) in [6.45, 7) is 0. The minimum Gasteiger partial charge on any atom is -0.366 e. The number of halogens is 1. The lowest BCUT2D eigenvalue weighted by atomic mass is 10.2. The maximum Gasteiger partial charge on any atom is 0.248 e. The van der Waals surface area contributed by atoms with E-state index in [9.17, 15) is 4.79 Å². The number of hydrogen-bond acceptors (Lipinski definition) is 2. The number of nitrogens with two attached hydrogens (primary N) is 1. The molecule has 2 N–H and O–H groups in total. The summed E-state index contributed by atoms with van der Waals surface area (Å²) in [5, 5.41) is 0.669. The lowest BCUT2D eigenvalue weighted by Gasteiger charge is -1.97. The first-order valence-corrected chi connectivity index (χ1v) is 5.72. The monoisotopic (exact) mass is 258 g/mol. The maximum atomic E-state index is 10.9. The molecule has 0 unspecified atom stereocenters. The van der Waals surface area contributed by atoms with Crippen LogP contribution in [-0.2, 0) is 0 Å². The second-order valence-corrected chi connectivity index (χ2v) is 4.16. The Balaban J connectivity index is 2.16. The van der Waals surface area contributed by atoms with Crippen LogP contribution in [0.2, 0.25) is 5.02 Å². The van der Waals surface area contributed by atoms with Gasteiger partial charge in [-0.3, -0.25) is 9.79 Å². The SMILES string of the molecule is NC(=O)c1ccc(N=Cc2cccc(Cl)c2)cc1. The Morgan fingerprint density at radius 3 is 2.50 bits per heavy atom. The van der Waals surface area contributed by atoms with Gasteiger partial charge in [0.15, 0.2) is 0 Å². The van der Waals surface area contributed by atoms with E-state index in [1.165, 1.54) is 0 Å². The summed E-state index contributed by atoms with van der Waals surface area (Å²) in [6, 6.07) is 14.2. The molecular formula is C14H11ClN2O. The Kier molecular flexibility index (Phi) is 3.75. The van der Waals surface area contributed by atoms with Gasteiger partial charge in [0, 0.05) is 16.8 Å². The molecule has 90 valence electrons. The number of carbonyl (C=O) groups is 1. The zero-order chi connectivity index (χ0) is 13.0. The Morgan fingerprint density at radius 2 is 1.89 bits per heavy atom. The van der Waals surface area contributed by atoms with Gasteiger partial charge in [0.2, 0.25) is 5.91 Å². The average molecular weight is 259 g/mol. The molecule has 0 saturated carbocycles. The fourth-order valence-corrected chi connectivity index (χ4v) is 1.65. The second kappa shape index (κ2) is 5.47. The van der Waals surface area contributed by atoms with Crippen LogP contribution in [0.4, 0.5) is 5.69 Å². The zero-order valence-corrected chi connectivity index (χ0v) is 10.3. The van der Waals surface area contributed by atoms with Crippen LogP contribution in [0, 0.1) is 0 Å². The van der Waals surface area contributed by atoms with Gasteiger partial charge in [0.1, 0.15) is 0 Å². The largest absolute Gasteiger partial charge is 0.366 e. The van der Waals surface area contributed by atoms with Crippen LogP contribution in [0.25, 0.3) is 0 Å². The molecular weight excluding hydrogens is 248 g/mol. The van der Waals surface area contributed by atoms with Gasteiger partial charge in [-0.1, -0.05) is 23.7 Å².